The lowest BCUT2D eigenvalue weighted by molar-refractivity contribution is -0.136. The summed E-state index contributed by atoms with van der Waals surface area (Å²) in [4.78, 5) is 66.1. The monoisotopic (exact) mass is 537 g/mol. The molecule has 0 bridgehead atoms. The minimum Gasteiger partial charge on any atom is -0.361 e. The Morgan fingerprint density at radius 1 is 1.24 bits per heavy atom. The van der Waals surface area contributed by atoms with Crippen molar-refractivity contribution in [3.63, 3.8) is 0 Å². The number of hydrogen-bond acceptors (Lipinski definition) is 8. The van der Waals surface area contributed by atoms with E-state index in [0.717, 1.165) is 30.1 Å². The van der Waals surface area contributed by atoms with Gasteiger partial charge in [-0.25, -0.2) is 9.97 Å². The molecule has 2 aromatic rings. The molecule has 12 heteroatoms. The van der Waals surface area contributed by atoms with Crippen molar-refractivity contribution in [1.29, 1.82) is 0 Å². The molecule has 2 aliphatic rings. The predicted octanol–water partition coefficient (Wildman–Crippen LogP) is 0.381. The molecule has 1 aliphatic heterocycles. The molecule has 0 radical (unpaired) electrons. The van der Waals surface area contributed by atoms with Crippen molar-refractivity contribution >= 4 is 40.8 Å². The molecule has 4 amide bonds. The van der Waals surface area contributed by atoms with Gasteiger partial charge < -0.3 is 20.9 Å². The number of thiazole rings is 1. The number of aromatic nitrogens is 2. The number of fused-ring (bicyclic) bond motifs is 1. The Kier molecular flexibility index (Phi) is 8.08. The van der Waals surface area contributed by atoms with Crippen LogP contribution in [0.2, 0.25) is 0 Å². The standard InChI is InChI=1S/C26H31N7O4S/c1-5-15-6-9-21(28-13-15)33(26(37)22(27)34)19-8-7-16(25(36)31(2)3)12-18(19)29-23(35)24-30-17-10-11-32(4)14-20(17)38-24/h1,6,9,13,16,18-19H,7-8,10-12,14H2,2-4H3,(H2,27,34)(H,29,35). The Balaban J connectivity index is 1.67. The number of likely N-dealkylation sites (N-methyl/N-ethyl adjacent to an activating group) is 1. The summed E-state index contributed by atoms with van der Waals surface area (Å²) in [5.74, 6) is -0.288. The molecule has 3 N–H and O–H groups in total. The summed E-state index contributed by atoms with van der Waals surface area (Å²) in [5, 5.41) is 3.34. The molecule has 3 unspecified atom stereocenters. The second kappa shape index (κ2) is 11.3. The Labute approximate surface area is 225 Å². The first-order valence-electron chi connectivity index (χ1n) is 12.3. The van der Waals surface area contributed by atoms with Crippen LogP contribution in [0.25, 0.3) is 0 Å². The second-order valence-electron chi connectivity index (χ2n) is 9.86. The van der Waals surface area contributed by atoms with Gasteiger partial charge in [0.05, 0.1) is 17.8 Å². The highest BCUT2D eigenvalue weighted by Gasteiger charge is 2.42. The number of carbonyl (C=O) groups is 4. The summed E-state index contributed by atoms with van der Waals surface area (Å²) in [7, 11) is 5.38. The number of nitrogens with two attached hydrogens (primary N) is 1. The number of anilines is 1. The van der Waals surface area contributed by atoms with E-state index in [1.54, 1.807) is 20.2 Å². The van der Waals surface area contributed by atoms with Crippen molar-refractivity contribution in [3.05, 3.63) is 39.5 Å². The Morgan fingerprint density at radius 2 is 2.00 bits per heavy atom. The number of primary amides is 1. The average Bonchev–Trinajstić information content (AvgIpc) is 3.32. The van der Waals surface area contributed by atoms with Crippen LogP contribution < -0.4 is 16.0 Å². The highest BCUT2D eigenvalue weighted by Crippen LogP contribution is 2.32. The van der Waals surface area contributed by atoms with Crippen LogP contribution in [-0.4, -0.2) is 83.2 Å². The number of amides is 4. The van der Waals surface area contributed by atoms with Gasteiger partial charge in [-0.1, -0.05) is 5.92 Å². The van der Waals surface area contributed by atoms with Gasteiger partial charge in [0, 0.05) is 56.2 Å². The van der Waals surface area contributed by atoms with E-state index >= 15 is 0 Å². The summed E-state index contributed by atoms with van der Waals surface area (Å²) >= 11 is 1.34. The first kappa shape index (κ1) is 27.2. The minimum atomic E-state index is -1.15. The van der Waals surface area contributed by atoms with Gasteiger partial charge >= 0.3 is 11.8 Å². The molecule has 0 spiro atoms. The number of hydrogen-bond donors (Lipinski definition) is 2. The van der Waals surface area contributed by atoms with Crippen molar-refractivity contribution in [1.82, 2.24) is 25.1 Å². The third-order valence-electron chi connectivity index (χ3n) is 6.96. The molecular formula is C26H31N7O4S. The maximum absolute atomic E-state index is 13.4. The molecule has 38 heavy (non-hydrogen) atoms. The lowest BCUT2D eigenvalue weighted by Gasteiger charge is -2.41. The third-order valence-corrected chi connectivity index (χ3v) is 8.04. The number of carbonyl (C=O) groups excluding carboxylic acids is 4. The summed E-state index contributed by atoms with van der Waals surface area (Å²) in [6.07, 6.45) is 8.68. The van der Waals surface area contributed by atoms with E-state index in [1.165, 1.54) is 33.4 Å². The van der Waals surface area contributed by atoms with Crippen LogP contribution in [0.4, 0.5) is 5.82 Å². The summed E-state index contributed by atoms with van der Waals surface area (Å²) in [6.45, 7) is 1.60. The molecule has 11 nitrogen and oxygen atoms in total. The molecule has 1 aliphatic carbocycles. The highest BCUT2D eigenvalue weighted by molar-refractivity contribution is 7.13. The lowest BCUT2D eigenvalue weighted by atomic mass is 9.80. The van der Waals surface area contributed by atoms with Gasteiger partial charge in [0.2, 0.25) is 5.91 Å². The predicted molar refractivity (Wildman–Crippen MR) is 142 cm³/mol. The Hall–Kier alpha value is -3.82. The van der Waals surface area contributed by atoms with Crippen molar-refractivity contribution in [2.24, 2.45) is 11.7 Å². The van der Waals surface area contributed by atoms with Gasteiger partial charge in [0.1, 0.15) is 5.82 Å². The number of nitrogens with one attached hydrogen (secondary N) is 1. The SMILES string of the molecule is C#Cc1ccc(N(C(=O)C(N)=O)C2CCC(C(=O)N(C)C)CC2NC(=O)c2nc3c(s2)CN(C)CC3)nc1. The topological polar surface area (TPSA) is 142 Å². The van der Waals surface area contributed by atoms with Gasteiger partial charge in [0.25, 0.3) is 5.91 Å². The highest BCUT2D eigenvalue weighted by atomic mass is 32.1. The molecule has 4 rings (SSSR count). The Bertz CT molecular complexity index is 1280. The third kappa shape index (κ3) is 5.69. The molecule has 200 valence electrons. The van der Waals surface area contributed by atoms with E-state index in [1.807, 2.05) is 7.05 Å². The zero-order chi connectivity index (χ0) is 27.6. The minimum absolute atomic E-state index is 0.0697. The van der Waals surface area contributed by atoms with Gasteiger partial charge in [-0.3, -0.25) is 24.1 Å². The molecule has 2 aromatic heterocycles. The maximum Gasteiger partial charge on any atom is 0.317 e. The van der Waals surface area contributed by atoms with E-state index in [9.17, 15) is 19.2 Å². The fourth-order valence-corrected chi connectivity index (χ4v) is 6.11. The molecule has 3 atom stereocenters. The zero-order valence-electron chi connectivity index (χ0n) is 21.6. The molecule has 3 heterocycles. The summed E-state index contributed by atoms with van der Waals surface area (Å²) in [6, 6.07) is 1.81. The van der Waals surface area contributed by atoms with Crippen molar-refractivity contribution in [3.8, 4) is 12.3 Å². The number of pyridine rings is 1. The molecule has 1 fully saturated rings. The molecule has 0 saturated heterocycles. The van der Waals surface area contributed by atoms with E-state index in [2.05, 4.69) is 26.1 Å². The van der Waals surface area contributed by atoms with Gasteiger partial charge in [-0.05, 0) is 38.4 Å². The fourth-order valence-electron chi connectivity index (χ4n) is 5.02. The first-order chi connectivity index (χ1) is 18.1. The van der Waals surface area contributed by atoms with Gasteiger partial charge in [0.15, 0.2) is 5.01 Å². The molecule has 0 aromatic carbocycles. The van der Waals surface area contributed by atoms with Gasteiger partial charge in [-0.2, -0.15) is 0 Å². The van der Waals surface area contributed by atoms with Gasteiger partial charge in [-0.15, -0.1) is 17.8 Å². The van der Waals surface area contributed by atoms with Crippen molar-refractivity contribution < 1.29 is 19.2 Å². The van der Waals surface area contributed by atoms with Crippen molar-refractivity contribution in [2.75, 3.05) is 32.6 Å². The van der Waals surface area contributed by atoms with Crippen LogP contribution in [0, 0.1) is 18.3 Å². The Morgan fingerprint density at radius 3 is 2.63 bits per heavy atom. The smallest absolute Gasteiger partial charge is 0.317 e. The largest absolute Gasteiger partial charge is 0.361 e. The quantitative estimate of drug-likeness (QED) is 0.415. The molecular weight excluding hydrogens is 506 g/mol. The lowest BCUT2D eigenvalue weighted by Crippen LogP contribution is -2.59. The normalized spacial score (nSPS) is 21.1. The second-order valence-corrected chi connectivity index (χ2v) is 10.9. The van der Waals surface area contributed by atoms with Crippen LogP contribution in [0.5, 0.6) is 0 Å². The van der Waals surface area contributed by atoms with Crippen LogP contribution in [-0.2, 0) is 27.3 Å². The van der Waals surface area contributed by atoms with E-state index in [0.29, 0.717) is 23.4 Å². The van der Waals surface area contributed by atoms with Crippen LogP contribution in [0.15, 0.2) is 18.3 Å². The fraction of sp³-hybridized carbons (Fsp3) is 0.462. The number of rotatable bonds is 5. The number of nitrogens with zero attached hydrogens (tertiary/aromatic N) is 5. The molecule has 1 saturated carbocycles. The summed E-state index contributed by atoms with van der Waals surface area (Å²) in [5.41, 5.74) is 6.83. The van der Waals surface area contributed by atoms with Crippen LogP contribution >= 0.6 is 11.3 Å². The first-order valence-corrected chi connectivity index (χ1v) is 13.2. The van der Waals surface area contributed by atoms with E-state index in [4.69, 9.17) is 12.2 Å². The van der Waals surface area contributed by atoms with Crippen LogP contribution in [0.3, 0.4) is 0 Å². The van der Waals surface area contributed by atoms with Crippen LogP contribution in [0.1, 0.15) is 45.2 Å². The van der Waals surface area contributed by atoms with E-state index < -0.39 is 23.9 Å². The number of terminal acetylenes is 1. The van der Waals surface area contributed by atoms with E-state index in [-0.39, 0.29) is 30.0 Å². The maximum atomic E-state index is 13.4. The average molecular weight is 538 g/mol. The zero-order valence-corrected chi connectivity index (χ0v) is 22.5. The summed E-state index contributed by atoms with van der Waals surface area (Å²) < 4.78 is 0. The van der Waals surface area contributed by atoms with Crippen molar-refractivity contribution in [2.45, 2.75) is 44.3 Å².